The number of nitrogens with one attached hydrogen (secondary N) is 1. The standard InChI is InChI=1S/C17H23F2N3O2/c1-12(13-5-6-14(18)15(19)9-13)21(2)11-16(23)20-10-17(24)22-7-3-4-8-22/h5-6,9,12H,3-4,7-8,10-11H2,1-2H3,(H,20,23). The summed E-state index contributed by atoms with van der Waals surface area (Å²) in [5.41, 5.74) is 0.581. The summed E-state index contributed by atoms with van der Waals surface area (Å²) in [6, 6.07) is 3.43. The van der Waals surface area contributed by atoms with Crippen LogP contribution in [0.25, 0.3) is 0 Å². The lowest BCUT2D eigenvalue weighted by Gasteiger charge is -2.24. The van der Waals surface area contributed by atoms with Gasteiger partial charge in [-0.2, -0.15) is 0 Å². The second-order valence-electron chi connectivity index (χ2n) is 6.13. The van der Waals surface area contributed by atoms with Crippen LogP contribution in [0.15, 0.2) is 18.2 Å². The van der Waals surface area contributed by atoms with E-state index in [1.54, 1.807) is 23.8 Å². The van der Waals surface area contributed by atoms with Crippen LogP contribution in [0.4, 0.5) is 8.78 Å². The van der Waals surface area contributed by atoms with Gasteiger partial charge in [-0.25, -0.2) is 8.78 Å². The topological polar surface area (TPSA) is 52.7 Å². The normalized spacial score (nSPS) is 15.6. The SMILES string of the molecule is CC(c1ccc(F)c(F)c1)N(C)CC(=O)NCC(=O)N1CCCC1. The maximum Gasteiger partial charge on any atom is 0.241 e. The fraction of sp³-hybridized carbons (Fsp3) is 0.529. The van der Waals surface area contributed by atoms with E-state index in [-0.39, 0.29) is 30.9 Å². The van der Waals surface area contributed by atoms with Gasteiger partial charge >= 0.3 is 0 Å². The lowest BCUT2D eigenvalue weighted by molar-refractivity contribution is -0.132. The molecule has 0 bridgehead atoms. The van der Waals surface area contributed by atoms with Gasteiger partial charge in [0.1, 0.15) is 0 Å². The van der Waals surface area contributed by atoms with Crippen molar-refractivity contribution in [1.82, 2.24) is 15.1 Å². The lowest BCUT2D eigenvalue weighted by atomic mass is 10.1. The average Bonchev–Trinajstić information content (AvgIpc) is 3.09. The van der Waals surface area contributed by atoms with Crippen LogP contribution in [0.3, 0.4) is 0 Å². The van der Waals surface area contributed by atoms with Gasteiger partial charge in [0, 0.05) is 19.1 Å². The number of hydrogen-bond donors (Lipinski definition) is 1. The van der Waals surface area contributed by atoms with E-state index in [1.165, 1.54) is 6.07 Å². The molecular formula is C17H23F2N3O2. The van der Waals surface area contributed by atoms with Gasteiger partial charge in [-0.05, 0) is 44.5 Å². The molecule has 0 radical (unpaired) electrons. The molecule has 1 N–H and O–H groups in total. The maximum absolute atomic E-state index is 13.3. The Morgan fingerprint density at radius 2 is 1.92 bits per heavy atom. The predicted molar refractivity (Wildman–Crippen MR) is 86.2 cm³/mol. The Hall–Kier alpha value is -2.02. The molecule has 0 saturated carbocycles. The Labute approximate surface area is 140 Å². The summed E-state index contributed by atoms with van der Waals surface area (Å²) >= 11 is 0. The molecule has 1 aliphatic heterocycles. The molecule has 1 aromatic rings. The fourth-order valence-corrected chi connectivity index (χ4v) is 2.70. The molecule has 24 heavy (non-hydrogen) atoms. The predicted octanol–water partition coefficient (Wildman–Crippen LogP) is 1.70. The number of amides is 2. The zero-order valence-corrected chi connectivity index (χ0v) is 14.0. The number of hydrogen-bond acceptors (Lipinski definition) is 3. The number of carbonyl (C=O) groups excluding carboxylic acids is 2. The van der Waals surface area contributed by atoms with Crippen LogP contribution in [-0.4, -0.2) is 54.8 Å². The molecule has 0 aromatic heterocycles. The smallest absolute Gasteiger partial charge is 0.241 e. The third-order valence-corrected chi connectivity index (χ3v) is 4.38. The number of likely N-dealkylation sites (tertiary alicyclic amines) is 1. The van der Waals surface area contributed by atoms with Gasteiger partial charge in [0.05, 0.1) is 13.1 Å². The van der Waals surface area contributed by atoms with E-state index in [4.69, 9.17) is 0 Å². The van der Waals surface area contributed by atoms with Gasteiger partial charge in [-0.3, -0.25) is 14.5 Å². The van der Waals surface area contributed by atoms with E-state index in [0.29, 0.717) is 5.56 Å². The molecule has 1 fully saturated rings. The summed E-state index contributed by atoms with van der Waals surface area (Å²) in [4.78, 5) is 27.3. The molecule has 1 aliphatic rings. The van der Waals surface area contributed by atoms with Crippen molar-refractivity contribution < 1.29 is 18.4 Å². The number of carbonyl (C=O) groups is 2. The van der Waals surface area contributed by atoms with Gasteiger partial charge < -0.3 is 10.2 Å². The van der Waals surface area contributed by atoms with Crippen LogP contribution in [0.5, 0.6) is 0 Å². The number of halogens is 2. The molecule has 1 atom stereocenters. The van der Waals surface area contributed by atoms with Gasteiger partial charge in [-0.1, -0.05) is 6.07 Å². The zero-order chi connectivity index (χ0) is 17.7. The highest BCUT2D eigenvalue weighted by Gasteiger charge is 2.20. The molecule has 1 unspecified atom stereocenters. The Bertz CT molecular complexity index is 603. The highest BCUT2D eigenvalue weighted by Crippen LogP contribution is 2.20. The molecule has 5 nitrogen and oxygen atoms in total. The van der Waals surface area contributed by atoms with Crippen molar-refractivity contribution in [2.75, 3.05) is 33.2 Å². The van der Waals surface area contributed by atoms with Gasteiger partial charge in [0.15, 0.2) is 11.6 Å². The van der Waals surface area contributed by atoms with E-state index in [0.717, 1.165) is 38.1 Å². The quantitative estimate of drug-likeness (QED) is 0.858. The second kappa shape index (κ2) is 8.19. The summed E-state index contributed by atoms with van der Waals surface area (Å²) in [7, 11) is 1.72. The van der Waals surface area contributed by atoms with Gasteiger partial charge in [-0.15, -0.1) is 0 Å². The van der Waals surface area contributed by atoms with E-state index < -0.39 is 11.6 Å². The van der Waals surface area contributed by atoms with E-state index in [2.05, 4.69) is 5.32 Å². The molecule has 1 heterocycles. The first-order chi connectivity index (χ1) is 11.4. The van der Waals surface area contributed by atoms with Crippen molar-refractivity contribution >= 4 is 11.8 Å². The van der Waals surface area contributed by atoms with Crippen molar-refractivity contribution in [3.63, 3.8) is 0 Å². The minimum atomic E-state index is -0.909. The van der Waals surface area contributed by atoms with Crippen LogP contribution in [0, 0.1) is 11.6 Å². The number of rotatable bonds is 6. The number of likely N-dealkylation sites (N-methyl/N-ethyl adjacent to an activating group) is 1. The van der Waals surface area contributed by atoms with Crippen molar-refractivity contribution in [2.24, 2.45) is 0 Å². The van der Waals surface area contributed by atoms with Crippen LogP contribution in [0.2, 0.25) is 0 Å². The summed E-state index contributed by atoms with van der Waals surface area (Å²) < 4.78 is 26.3. The molecule has 2 rings (SSSR count). The third kappa shape index (κ3) is 4.74. The van der Waals surface area contributed by atoms with Crippen molar-refractivity contribution in [2.45, 2.75) is 25.8 Å². The molecule has 132 valence electrons. The lowest BCUT2D eigenvalue weighted by Crippen LogP contribution is -2.42. The Morgan fingerprint density at radius 3 is 2.54 bits per heavy atom. The summed E-state index contributed by atoms with van der Waals surface area (Å²) in [5.74, 6) is -2.16. The maximum atomic E-state index is 13.3. The highest BCUT2D eigenvalue weighted by molar-refractivity contribution is 5.85. The van der Waals surface area contributed by atoms with Crippen LogP contribution >= 0.6 is 0 Å². The molecular weight excluding hydrogens is 316 g/mol. The van der Waals surface area contributed by atoms with Crippen molar-refractivity contribution in [3.8, 4) is 0 Å². The first kappa shape index (κ1) is 18.3. The van der Waals surface area contributed by atoms with Crippen molar-refractivity contribution in [1.29, 1.82) is 0 Å². The summed E-state index contributed by atoms with van der Waals surface area (Å²) in [6.07, 6.45) is 2.02. The molecule has 1 saturated heterocycles. The molecule has 0 spiro atoms. The van der Waals surface area contributed by atoms with Crippen LogP contribution in [0.1, 0.15) is 31.4 Å². The Kier molecular flexibility index (Phi) is 6.25. The Balaban J connectivity index is 1.81. The third-order valence-electron chi connectivity index (χ3n) is 4.38. The van der Waals surface area contributed by atoms with E-state index in [1.807, 2.05) is 0 Å². The number of nitrogens with zero attached hydrogens (tertiary/aromatic N) is 2. The van der Waals surface area contributed by atoms with Crippen LogP contribution < -0.4 is 5.32 Å². The van der Waals surface area contributed by atoms with Crippen molar-refractivity contribution in [3.05, 3.63) is 35.4 Å². The Morgan fingerprint density at radius 1 is 1.25 bits per heavy atom. The van der Waals surface area contributed by atoms with E-state index >= 15 is 0 Å². The first-order valence-electron chi connectivity index (χ1n) is 8.08. The monoisotopic (exact) mass is 339 g/mol. The zero-order valence-electron chi connectivity index (χ0n) is 14.0. The molecule has 0 aliphatic carbocycles. The van der Waals surface area contributed by atoms with Gasteiger partial charge in [0.25, 0.3) is 0 Å². The van der Waals surface area contributed by atoms with Gasteiger partial charge in [0.2, 0.25) is 11.8 Å². The summed E-state index contributed by atoms with van der Waals surface area (Å²) in [6.45, 7) is 3.36. The number of benzene rings is 1. The molecule has 1 aromatic carbocycles. The fourth-order valence-electron chi connectivity index (χ4n) is 2.70. The highest BCUT2D eigenvalue weighted by atomic mass is 19.2. The molecule has 2 amide bonds. The molecule has 7 heteroatoms. The average molecular weight is 339 g/mol. The van der Waals surface area contributed by atoms with E-state index in [9.17, 15) is 18.4 Å². The first-order valence-corrected chi connectivity index (χ1v) is 8.08. The summed E-state index contributed by atoms with van der Waals surface area (Å²) in [5, 5.41) is 2.61. The second-order valence-corrected chi connectivity index (χ2v) is 6.13. The largest absolute Gasteiger partial charge is 0.346 e. The minimum absolute atomic E-state index is 0.00771. The minimum Gasteiger partial charge on any atom is -0.346 e. The van der Waals surface area contributed by atoms with Crippen LogP contribution in [-0.2, 0) is 9.59 Å².